The van der Waals surface area contributed by atoms with Gasteiger partial charge in [-0.05, 0) is 35.4 Å². The van der Waals surface area contributed by atoms with Gasteiger partial charge in [-0.1, -0.05) is 36.1 Å². The third-order valence-electron chi connectivity index (χ3n) is 5.85. The molecule has 13 nitrogen and oxygen atoms in total. The summed E-state index contributed by atoms with van der Waals surface area (Å²) in [5, 5.41) is 20.3. The highest BCUT2D eigenvalue weighted by Gasteiger charge is 2.11. The van der Waals surface area contributed by atoms with E-state index in [0.29, 0.717) is 35.7 Å². The first-order chi connectivity index (χ1) is 20.3. The van der Waals surface area contributed by atoms with Gasteiger partial charge in [0.1, 0.15) is 24.9 Å². The van der Waals surface area contributed by atoms with Crippen molar-refractivity contribution in [1.82, 2.24) is 25.3 Å². The number of anilines is 2. The fraction of sp³-hybridized carbons (Fsp3) is 0.172. The zero-order chi connectivity index (χ0) is 29.9. The Hall–Kier alpha value is -6.08. The number of nitriles is 1. The Labute approximate surface area is 240 Å². The van der Waals surface area contributed by atoms with Crippen LogP contribution in [0, 0.1) is 23.2 Å². The molecular formula is C29H26N8O5. The third kappa shape index (κ3) is 7.97. The monoisotopic (exact) mass is 566 g/mol. The molecule has 13 heteroatoms. The smallest absolute Gasteiger partial charge is 0.407 e. The SMILES string of the molecule is CN(CCOC(=O)NCc1ccc(COc2nc(N)nc3[nH]cnc23)cc1)c1ccc(C#C/C=C(\C#N)C(=O)O)cc1. The van der Waals surface area contributed by atoms with Gasteiger partial charge < -0.3 is 35.5 Å². The third-order valence-corrected chi connectivity index (χ3v) is 5.85. The number of aromatic nitrogens is 4. The van der Waals surface area contributed by atoms with E-state index in [2.05, 4.69) is 37.1 Å². The number of aliphatic carboxylic acids is 1. The summed E-state index contributed by atoms with van der Waals surface area (Å²) in [6.45, 7) is 1.19. The lowest BCUT2D eigenvalue weighted by atomic mass is 10.1. The summed E-state index contributed by atoms with van der Waals surface area (Å²) in [7, 11) is 1.86. The van der Waals surface area contributed by atoms with Crippen LogP contribution in [0.5, 0.6) is 5.88 Å². The van der Waals surface area contributed by atoms with E-state index in [9.17, 15) is 9.59 Å². The highest BCUT2D eigenvalue weighted by Crippen LogP contribution is 2.21. The molecule has 0 radical (unpaired) electrons. The first kappa shape index (κ1) is 28.9. The maximum atomic E-state index is 12.2. The van der Waals surface area contributed by atoms with Crippen LogP contribution in [-0.4, -0.2) is 57.3 Å². The van der Waals surface area contributed by atoms with Crippen molar-refractivity contribution in [2.45, 2.75) is 13.2 Å². The molecule has 5 N–H and O–H groups in total. The summed E-state index contributed by atoms with van der Waals surface area (Å²) < 4.78 is 11.1. The standard InChI is InChI=1S/C29H26N8O5/c1-37(23-11-9-19(10-12-23)3-2-4-22(15-30)27(38)39)13-14-41-29(40)32-16-20-5-7-21(8-6-20)17-42-26-24-25(34-18-33-24)35-28(31)36-26/h4-12,18H,13-14,16-17H2,1H3,(H,32,40)(H,38,39)(H3,31,33,34,35,36)/b22-4+. The molecule has 212 valence electrons. The van der Waals surface area contributed by atoms with E-state index in [1.807, 2.05) is 48.3 Å². The number of carboxylic acid groups (broad SMARTS) is 1. The molecule has 2 aromatic heterocycles. The Kier molecular flexibility index (Phi) is 9.51. The van der Waals surface area contributed by atoms with Crippen molar-refractivity contribution in [1.29, 1.82) is 5.26 Å². The number of carboxylic acids is 1. The molecule has 0 aliphatic carbocycles. The molecule has 4 aromatic rings. The number of ether oxygens (including phenoxy) is 2. The molecule has 0 aliphatic heterocycles. The molecule has 0 atom stereocenters. The molecule has 0 bridgehead atoms. The predicted molar refractivity (Wildman–Crippen MR) is 153 cm³/mol. The minimum Gasteiger partial charge on any atom is -0.477 e. The van der Waals surface area contributed by atoms with Crippen LogP contribution in [0.2, 0.25) is 0 Å². The quantitative estimate of drug-likeness (QED) is 0.125. The number of allylic oxidation sites excluding steroid dienone is 1. The summed E-state index contributed by atoms with van der Waals surface area (Å²) in [4.78, 5) is 40.1. The van der Waals surface area contributed by atoms with Crippen molar-refractivity contribution in [3.63, 3.8) is 0 Å². The first-order valence-electron chi connectivity index (χ1n) is 12.6. The lowest BCUT2D eigenvalue weighted by Crippen LogP contribution is -2.28. The van der Waals surface area contributed by atoms with Gasteiger partial charge in [0.05, 0.1) is 12.9 Å². The Morgan fingerprint density at radius 3 is 2.60 bits per heavy atom. The van der Waals surface area contributed by atoms with E-state index >= 15 is 0 Å². The highest BCUT2D eigenvalue weighted by atomic mass is 16.5. The minimum absolute atomic E-state index is 0.0873. The minimum atomic E-state index is -1.32. The van der Waals surface area contributed by atoms with Gasteiger partial charge in [0, 0.05) is 30.9 Å². The Bertz CT molecular complexity index is 1700. The van der Waals surface area contributed by atoms with Crippen LogP contribution in [0.1, 0.15) is 16.7 Å². The molecule has 4 rings (SSSR count). The van der Waals surface area contributed by atoms with Gasteiger partial charge >= 0.3 is 12.1 Å². The lowest BCUT2D eigenvalue weighted by molar-refractivity contribution is -0.132. The number of H-pyrrole nitrogens is 1. The van der Waals surface area contributed by atoms with Crippen molar-refractivity contribution in [3.05, 3.63) is 83.2 Å². The van der Waals surface area contributed by atoms with Crippen LogP contribution < -0.4 is 20.7 Å². The topological polar surface area (TPSA) is 192 Å². The van der Waals surface area contributed by atoms with Crippen molar-refractivity contribution in [2.75, 3.05) is 30.8 Å². The lowest BCUT2D eigenvalue weighted by Gasteiger charge is -2.19. The molecule has 0 fully saturated rings. The van der Waals surface area contributed by atoms with Crippen molar-refractivity contribution < 1.29 is 24.2 Å². The molecule has 0 spiro atoms. The van der Waals surface area contributed by atoms with Gasteiger partial charge in [0.2, 0.25) is 11.8 Å². The van der Waals surface area contributed by atoms with Gasteiger partial charge in [0.15, 0.2) is 11.2 Å². The first-order valence-corrected chi connectivity index (χ1v) is 12.6. The average molecular weight is 567 g/mol. The maximum absolute atomic E-state index is 12.2. The highest BCUT2D eigenvalue weighted by molar-refractivity contribution is 5.91. The molecule has 1 amide bonds. The van der Waals surface area contributed by atoms with E-state index in [-0.39, 0.29) is 19.2 Å². The average Bonchev–Trinajstić information content (AvgIpc) is 3.46. The number of nitrogens with zero attached hydrogens (tertiary/aromatic N) is 5. The number of nitrogens with one attached hydrogen (secondary N) is 2. The number of fused-ring (bicyclic) bond motifs is 1. The number of nitrogens with two attached hydrogens (primary N) is 1. The Balaban J connectivity index is 1.17. The van der Waals surface area contributed by atoms with E-state index in [4.69, 9.17) is 25.6 Å². The van der Waals surface area contributed by atoms with Crippen molar-refractivity contribution in [3.8, 4) is 23.8 Å². The van der Waals surface area contributed by atoms with Crippen molar-refractivity contribution >= 4 is 34.9 Å². The zero-order valence-corrected chi connectivity index (χ0v) is 22.5. The van der Waals surface area contributed by atoms with Crippen LogP contribution in [0.15, 0.2) is 66.5 Å². The number of benzene rings is 2. The van der Waals surface area contributed by atoms with Crippen LogP contribution >= 0.6 is 0 Å². The number of hydrogen-bond acceptors (Lipinski definition) is 10. The summed E-state index contributed by atoms with van der Waals surface area (Å²) in [6, 6.07) is 16.3. The molecule has 2 heterocycles. The second-order valence-corrected chi connectivity index (χ2v) is 8.79. The van der Waals surface area contributed by atoms with Gasteiger partial charge in [-0.2, -0.15) is 15.2 Å². The number of alkyl carbamates (subject to hydrolysis) is 1. The molecule has 0 saturated carbocycles. The molecule has 2 aromatic carbocycles. The zero-order valence-electron chi connectivity index (χ0n) is 22.5. The van der Waals surface area contributed by atoms with E-state index < -0.39 is 17.6 Å². The predicted octanol–water partition coefficient (Wildman–Crippen LogP) is 2.76. The number of rotatable bonds is 10. The van der Waals surface area contributed by atoms with Crippen LogP contribution in [0.25, 0.3) is 11.2 Å². The fourth-order valence-corrected chi connectivity index (χ4v) is 3.59. The van der Waals surface area contributed by atoms with Gasteiger partial charge in [-0.3, -0.25) is 0 Å². The largest absolute Gasteiger partial charge is 0.477 e. The maximum Gasteiger partial charge on any atom is 0.407 e. The van der Waals surface area contributed by atoms with Crippen LogP contribution in [0.3, 0.4) is 0 Å². The van der Waals surface area contributed by atoms with Crippen LogP contribution in [-0.2, 0) is 22.7 Å². The number of nitrogen functional groups attached to an aromatic ring is 1. The summed E-state index contributed by atoms with van der Waals surface area (Å²) >= 11 is 0. The second-order valence-electron chi connectivity index (χ2n) is 8.79. The molecule has 0 unspecified atom stereocenters. The Morgan fingerprint density at radius 1 is 1.14 bits per heavy atom. The number of carbonyl (C=O) groups is 2. The molecular weight excluding hydrogens is 540 g/mol. The van der Waals surface area contributed by atoms with E-state index in [1.165, 1.54) is 6.33 Å². The number of imidazole rings is 1. The second kappa shape index (κ2) is 13.8. The fourth-order valence-electron chi connectivity index (χ4n) is 3.59. The summed E-state index contributed by atoms with van der Waals surface area (Å²) in [6.07, 6.45) is 2.03. The summed E-state index contributed by atoms with van der Waals surface area (Å²) in [5.74, 6) is 4.41. The van der Waals surface area contributed by atoms with Crippen LogP contribution in [0.4, 0.5) is 16.4 Å². The van der Waals surface area contributed by atoms with Gasteiger partial charge in [0.25, 0.3) is 0 Å². The van der Waals surface area contributed by atoms with Gasteiger partial charge in [-0.25, -0.2) is 14.6 Å². The normalized spacial score (nSPS) is 10.7. The number of hydrogen-bond donors (Lipinski definition) is 4. The van der Waals surface area contributed by atoms with Crippen molar-refractivity contribution in [2.24, 2.45) is 0 Å². The summed E-state index contributed by atoms with van der Waals surface area (Å²) in [5.41, 5.74) is 9.61. The number of likely N-dealkylation sites (N-methyl/N-ethyl adjacent to an activating group) is 1. The molecule has 0 saturated heterocycles. The number of aromatic amines is 1. The van der Waals surface area contributed by atoms with Gasteiger partial charge in [-0.15, -0.1) is 0 Å². The Morgan fingerprint density at radius 2 is 1.88 bits per heavy atom. The molecule has 0 aliphatic rings. The van der Waals surface area contributed by atoms with E-state index in [1.54, 1.807) is 18.2 Å². The number of amides is 1. The van der Waals surface area contributed by atoms with E-state index in [0.717, 1.165) is 22.9 Å². The molecule has 42 heavy (non-hydrogen) atoms. The number of carbonyl (C=O) groups excluding carboxylic acids is 1.